The first kappa shape index (κ1) is 27.9. The average molecular weight is 513 g/mol. The van der Waals surface area contributed by atoms with E-state index in [4.69, 9.17) is 14.5 Å². The molecule has 2 N–H and O–H groups in total. The van der Waals surface area contributed by atoms with E-state index in [9.17, 15) is 0 Å². The Morgan fingerprint density at radius 2 is 1.89 bits per heavy atom. The van der Waals surface area contributed by atoms with Crippen LogP contribution in [-0.4, -0.2) is 76.1 Å². The smallest absolute Gasteiger partial charge is 0.191 e. The molecule has 28 heavy (non-hydrogen) atoms. The second-order valence-corrected chi connectivity index (χ2v) is 7.46. The standard InChI is InChI=1S/C21H44N4O2.HI/c1-5-22-21(24-19(4)10-8-14-25(6-2)7-3)23-13-9-15-27-18-20-11-16-26-17-12-20;/h19-20H,5-18H2,1-4H3,(H2,22,23,24);1H. The van der Waals surface area contributed by atoms with Gasteiger partial charge in [-0.25, -0.2) is 0 Å². The fraction of sp³-hybridized carbons (Fsp3) is 0.952. The van der Waals surface area contributed by atoms with Crippen LogP contribution in [0.2, 0.25) is 0 Å². The summed E-state index contributed by atoms with van der Waals surface area (Å²) in [6, 6.07) is 0.433. The molecular formula is C21H45IN4O2. The number of halogens is 1. The molecule has 1 fully saturated rings. The van der Waals surface area contributed by atoms with Gasteiger partial charge in [0.05, 0.1) is 0 Å². The zero-order valence-corrected chi connectivity index (χ0v) is 21.0. The lowest BCUT2D eigenvalue weighted by Gasteiger charge is -2.21. The highest BCUT2D eigenvalue weighted by Crippen LogP contribution is 2.14. The van der Waals surface area contributed by atoms with Crippen molar-refractivity contribution in [1.29, 1.82) is 0 Å². The molecule has 1 saturated heterocycles. The number of hydrogen-bond acceptors (Lipinski definition) is 4. The van der Waals surface area contributed by atoms with Crippen LogP contribution in [0.25, 0.3) is 0 Å². The van der Waals surface area contributed by atoms with Crippen molar-refractivity contribution < 1.29 is 9.47 Å². The lowest BCUT2D eigenvalue weighted by molar-refractivity contribution is 0.0205. The Morgan fingerprint density at radius 3 is 2.54 bits per heavy atom. The van der Waals surface area contributed by atoms with E-state index in [0.717, 1.165) is 84.2 Å². The molecule has 1 atom stereocenters. The van der Waals surface area contributed by atoms with Crippen LogP contribution in [-0.2, 0) is 9.47 Å². The second-order valence-electron chi connectivity index (χ2n) is 7.46. The maximum atomic E-state index is 5.82. The highest BCUT2D eigenvalue weighted by Gasteiger charge is 2.13. The van der Waals surface area contributed by atoms with Gasteiger partial charge in [-0.2, -0.15) is 0 Å². The molecule has 7 heteroatoms. The third-order valence-corrected chi connectivity index (χ3v) is 5.14. The summed E-state index contributed by atoms with van der Waals surface area (Å²) in [5.41, 5.74) is 0. The number of rotatable bonds is 14. The van der Waals surface area contributed by atoms with Gasteiger partial charge in [0.25, 0.3) is 0 Å². The molecular weight excluding hydrogens is 467 g/mol. The number of guanidine groups is 1. The predicted molar refractivity (Wildman–Crippen MR) is 130 cm³/mol. The van der Waals surface area contributed by atoms with Crippen LogP contribution >= 0.6 is 24.0 Å². The van der Waals surface area contributed by atoms with Gasteiger partial charge < -0.3 is 25.0 Å². The molecule has 0 aromatic carbocycles. The number of ether oxygens (including phenoxy) is 2. The fourth-order valence-electron chi connectivity index (χ4n) is 3.31. The summed E-state index contributed by atoms with van der Waals surface area (Å²) in [7, 11) is 0. The number of hydrogen-bond donors (Lipinski definition) is 2. The van der Waals surface area contributed by atoms with Crippen LogP contribution in [0.4, 0.5) is 0 Å². The van der Waals surface area contributed by atoms with Crippen LogP contribution in [0.1, 0.15) is 59.8 Å². The van der Waals surface area contributed by atoms with Crippen molar-refractivity contribution in [2.24, 2.45) is 10.9 Å². The van der Waals surface area contributed by atoms with Crippen LogP contribution in [0.3, 0.4) is 0 Å². The van der Waals surface area contributed by atoms with Gasteiger partial charge in [-0.3, -0.25) is 4.99 Å². The summed E-state index contributed by atoms with van der Waals surface area (Å²) in [5, 5.41) is 6.89. The summed E-state index contributed by atoms with van der Waals surface area (Å²) in [5.74, 6) is 1.61. The van der Waals surface area contributed by atoms with Crippen LogP contribution in [0.5, 0.6) is 0 Å². The molecule has 0 aromatic heterocycles. The van der Waals surface area contributed by atoms with E-state index in [1.807, 2.05) is 0 Å². The monoisotopic (exact) mass is 512 g/mol. The molecule has 0 amide bonds. The minimum absolute atomic E-state index is 0. The van der Waals surface area contributed by atoms with E-state index >= 15 is 0 Å². The van der Waals surface area contributed by atoms with Gasteiger partial charge in [0.1, 0.15) is 0 Å². The minimum atomic E-state index is 0. The maximum absolute atomic E-state index is 5.82. The largest absolute Gasteiger partial charge is 0.381 e. The van der Waals surface area contributed by atoms with Crippen molar-refractivity contribution in [3.05, 3.63) is 0 Å². The van der Waals surface area contributed by atoms with Crippen molar-refractivity contribution in [2.45, 2.75) is 65.8 Å². The molecule has 0 spiro atoms. The Balaban J connectivity index is 0.00000729. The molecule has 1 rings (SSSR count). The molecule has 1 aliphatic rings. The number of nitrogens with one attached hydrogen (secondary N) is 2. The summed E-state index contributed by atoms with van der Waals surface area (Å²) >= 11 is 0. The van der Waals surface area contributed by atoms with Gasteiger partial charge >= 0.3 is 0 Å². The van der Waals surface area contributed by atoms with Crippen molar-refractivity contribution in [2.75, 3.05) is 59.2 Å². The van der Waals surface area contributed by atoms with E-state index in [1.165, 1.54) is 13.0 Å². The van der Waals surface area contributed by atoms with Gasteiger partial charge in [-0.1, -0.05) is 13.8 Å². The van der Waals surface area contributed by atoms with E-state index < -0.39 is 0 Å². The fourth-order valence-corrected chi connectivity index (χ4v) is 3.31. The van der Waals surface area contributed by atoms with E-state index in [-0.39, 0.29) is 24.0 Å². The van der Waals surface area contributed by atoms with Crippen molar-refractivity contribution in [3.8, 4) is 0 Å². The highest BCUT2D eigenvalue weighted by atomic mass is 127. The predicted octanol–water partition coefficient (Wildman–Crippen LogP) is 3.50. The molecule has 6 nitrogen and oxygen atoms in total. The van der Waals surface area contributed by atoms with Crippen molar-refractivity contribution >= 4 is 29.9 Å². The Kier molecular flexibility index (Phi) is 18.8. The Labute approximate surface area is 190 Å². The third kappa shape index (κ3) is 14.0. The van der Waals surface area contributed by atoms with Crippen LogP contribution < -0.4 is 10.6 Å². The van der Waals surface area contributed by atoms with Gasteiger partial charge in [0, 0.05) is 45.6 Å². The lowest BCUT2D eigenvalue weighted by Crippen LogP contribution is -2.42. The summed E-state index contributed by atoms with van der Waals surface area (Å²) in [6.45, 7) is 17.4. The highest BCUT2D eigenvalue weighted by molar-refractivity contribution is 14.0. The van der Waals surface area contributed by atoms with Crippen LogP contribution in [0, 0.1) is 5.92 Å². The quantitative estimate of drug-likeness (QED) is 0.162. The molecule has 0 saturated carbocycles. The zero-order chi connectivity index (χ0) is 19.7. The Hall–Kier alpha value is -0.120. The molecule has 1 unspecified atom stereocenters. The van der Waals surface area contributed by atoms with Gasteiger partial charge in [-0.15, -0.1) is 24.0 Å². The van der Waals surface area contributed by atoms with E-state index in [0.29, 0.717) is 12.0 Å². The first-order valence-electron chi connectivity index (χ1n) is 11.1. The molecule has 0 bridgehead atoms. The molecule has 168 valence electrons. The lowest BCUT2D eigenvalue weighted by atomic mass is 10.0. The summed E-state index contributed by atoms with van der Waals surface area (Å²) in [4.78, 5) is 7.18. The molecule has 0 aliphatic carbocycles. The number of nitrogens with zero attached hydrogens (tertiary/aromatic N) is 2. The third-order valence-electron chi connectivity index (χ3n) is 5.14. The summed E-state index contributed by atoms with van der Waals surface area (Å²) < 4.78 is 11.2. The van der Waals surface area contributed by atoms with Gasteiger partial charge in [-0.05, 0) is 71.5 Å². The second kappa shape index (κ2) is 18.9. The van der Waals surface area contributed by atoms with Crippen molar-refractivity contribution in [1.82, 2.24) is 15.5 Å². The van der Waals surface area contributed by atoms with Gasteiger partial charge in [0.2, 0.25) is 0 Å². The molecule has 1 heterocycles. The topological polar surface area (TPSA) is 58.1 Å². The zero-order valence-electron chi connectivity index (χ0n) is 18.7. The first-order chi connectivity index (χ1) is 13.2. The van der Waals surface area contributed by atoms with E-state index in [1.54, 1.807) is 0 Å². The first-order valence-corrected chi connectivity index (χ1v) is 11.1. The van der Waals surface area contributed by atoms with E-state index in [2.05, 4.69) is 43.2 Å². The van der Waals surface area contributed by atoms with Gasteiger partial charge in [0.15, 0.2) is 5.96 Å². The maximum Gasteiger partial charge on any atom is 0.191 e. The van der Waals surface area contributed by atoms with Crippen molar-refractivity contribution in [3.63, 3.8) is 0 Å². The molecule has 1 aliphatic heterocycles. The minimum Gasteiger partial charge on any atom is -0.381 e. The molecule has 0 radical (unpaired) electrons. The SMILES string of the molecule is CCNC(=NCCCOCC1CCOCC1)NC(C)CCCN(CC)CC.I. The number of aliphatic imine (C=N–C) groups is 1. The Bertz CT molecular complexity index is 375. The average Bonchev–Trinajstić information content (AvgIpc) is 2.69. The Morgan fingerprint density at radius 1 is 1.18 bits per heavy atom. The van der Waals surface area contributed by atoms with Crippen LogP contribution in [0.15, 0.2) is 4.99 Å². The molecule has 0 aromatic rings. The summed E-state index contributed by atoms with van der Waals surface area (Å²) in [6.07, 6.45) is 5.62. The normalized spacial score (nSPS) is 16.7.